The molecule has 27 heavy (non-hydrogen) atoms. The molecule has 3 rings (SSSR count). The van der Waals surface area contributed by atoms with Gasteiger partial charge in [0.15, 0.2) is 0 Å². The minimum Gasteiger partial charge on any atom is -0.487 e. The largest absolute Gasteiger partial charge is 0.487 e. The summed E-state index contributed by atoms with van der Waals surface area (Å²) in [4.78, 5) is 12.3. The van der Waals surface area contributed by atoms with Crippen LogP contribution in [0.4, 0.5) is 0 Å². The number of carbonyl (C=O) groups is 1. The van der Waals surface area contributed by atoms with Crippen LogP contribution in [0.1, 0.15) is 15.9 Å². The van der Waals surface area contributed by atoms with Gasteiger partial charge in [-0.05, 0) is 72.5 Å². The SMILES string of the molecule is C=CCOc1c(Br)cc(/C=N\NC(=O)c2ccc3ccccc3c2)cc1Br. The van der Waals surface area contributed by atoms with Gasteiger partial charge >= 0.3 is 0 Å². The Kier molecular flexibility index (Phi) is 6.42. The summed E-state index contributed by atoms with van der Waals surface area (Å²) >= 11 is 6.94. The molecule has 0 atom stereocenters. The zero-order chi connectivity index (χ0) is 19.2. The normalized spacial score (nSPS) is 10.9. The zero-order valence-corrected chi connectivity index (χ0v) is 17.5. The number of halogens is 2. The molecular formula is C21H16Br2N2O2. The number of nitrogens with zero attached hydrogens (tertiary/aromatic N) is 1. The number of nitrogens with one attached hydrogen (secondary N) is 1. The topological polar surface area (TPSA) is 50.7 Å². The number of fused-ring (bicyclic) bond motifs is 1. The van der Waals surface area contributed by atoms with Gasteiger partial charge in [0.1, 0.15) is 12.4 Å². The van der Waals surface area contributed by atoms with Gasteiger partial charge in [-0.15, -0.1) is 0 Å². The molecule has 0 saturated carbocycles. The highest BCUT2D eigenvalue weighted by atomic mass is 79.9. The molecule has 3 aromatic rings. The van der Waals surface area contributed by atoms with Crippen molar-refractivity contribution in [2.24, 2.45) is 5.10 Å². The summed E-state index contributed by atoms with van der Waals surface area (Å²) in [7, 11) is 0. The van der Waals surface area contributed by atoms with E-state index in [-0.39, 0.29) is 5.91 Å². The van der Waals surface area contributed by atoms with Crippen molar-refractivity contribution in [1.29, 1.82) is 0 Å². The molecule has 0 unspecified atom stereocenters. The Hall–Kier alpha value is -2.44. The first kappa shape index (κ1) is 19.3. The fourth-order valence-corrected chi connectivity index (χ4v) is 3.95. The Morgan fingerprint density at radius 3 is 2.48 bits per heavy atom. The van der Waals surface area contributed by atoms with Gasteiger partial charge in [0.2, 0.25) is 0 Å². The van der Waals surface area contributed by atoms with Crippen molar-refractivity contribution < 1.29 is 9.53 Å². The highest BCUT2D eigenvalue weighted by Crippen LogP contribution is 2.34. The Morgan fingerprint density at radius 2 is 1.78 bits per heavy atom. The first-order chi connectivity index (χ1) is 13.1. The maximum Gasteiger partial charge on any atom is 0.271 e. The Morgan fingerprint density at radius 1 is 1.07 bits per heavy atom. The monoisotopic (exact) mass is 486 g/mol. The molecule has 0 aromatic heterocycles. The predicted octanol–water partition coefficient (Wildman–Crippen LogP) is 5.69. The standard InChI is InChI=1S/C21H16Br2N2O2/c1-2-9-27-20-18(22)10-14(11-19(20)23)13-24-25-21(26)17-8-7-15-5-3-4-6-16(15)12-17/h2-8,10-13H,1,9H2,(H,25,26)/b24-13-. The van der Waals surface area contributed by atoms with E-state index in [1.807, 2.05) is 48.5 Å². The van der Waals surface area contributed by atoms with Crippen molar-refractivity contribution in [2.45, 2.75) is 0 Å². The molecule has 6 heteroatoms. The van der Waals surface area contributed by atoms with Crippen LogP contribution in [0.25, 0.3) is 10.8 Å². The van der Waals surface area contributed by atoms with Crippen molar-refractivity contribution in [3.63, 3.8) is 0 Å². The van der Waals surface area contributed by atoms with E-state index in [4.69, 9.17) is 4.74 Å². The maximum atomic E-state index is 12.3. The first-order valence-corrected chi connectivity index (χ1v) is 9.72. The molecule has 0 aliphatic rings. The summed E-state index contributed by atoms with van der Waals surface area (Å²) in [5, 5.41) is 6.15. The molecule has 136 valence electrons. The van der Waals surface area contributed by atoms with Gasteiger partial charge in [-0.1, -0.05) is 43.0 Å². The van der Waals surface area contributed by atoms with E-state index in [9.17, 15) is 4.79 Å². The van der Waals surface area contributed by atoms with Crippen LogP contribution in [0, 0.1) is 0 Å². The summed E-state index contributed by atoms with van der Waals surface area (Å²) in [6.45, 7) is 4.04. The minimum atomic E-state index is -0.263. The van der Waals surface area contributed by atoms with Gasteiger partial charge in [-0.25, -0.2) is 5.43 Å². The third-order valence-electron chi connectivity index (χ3n) is 3.76. The van der Waals surface area contributed by atoms with Gasteiger partial charge in [-0.2, -0.15) is 5.10 Å². The van der Waals surface area contributed by atoms with Crippen molar-refractivity contribution >= 4 is 54.8 Å². The number of carbonyl (C=O) groups excluding carboxylic acids is 1. The smallest absolute Gasteiger partial charge is 0.271 e. The quantitative estimate of drug-likeness (QED) is 0.275. The van der Waals surface area contributed by atoms with E-state index >= 15 is 0 Å². The van der Waals surface area contributed by atoms with Crippen molar-refractivity contribution in [2.75, 3.05) is 6.61 Å². The molecule has 0 spiro atoms. The fraction of sp³-hybridized carbons (Fsp3) is 0.0476. The summed E-state index contributed by atoms with van der Waals surface area (Å²) in [6.07, 6.45) is 3.25. The Balaban J connectivity index is 1.70. The average Bonchev–Trinajstić information content (AvgIpc) is 2.67. The molecule has 1 amide bonds. The second-order valence-corrected chi connectivity index (χ2v) is 7.38. The molecule has 0 saturated heterocycles. The number of hydrogen-bond acceptors (Lipinski definition) is 3. The van der Waals surface area contributed by atoms with Crippen LogP contribution in [-0.4, -0.2) is 18.7 Å². The molecular weight excluding hydrogens is 472 g/mol. The van der Waals surface area contributed by atoms with Gasteiger partial charge in [0.05, 0.1) is 15.2 Å². The van der Waals surface area contributed by atoms with Crippen LogP contribution >= 0.6 is 31.9 Å². The molecule has 4 nitrogen and oxygen atoms in total. The average molecular weight is 488 g/mol. The third-order valence-corrected chi connectivity index (χ3v) is 4.94. The lowest BCUT2D eigenvalue weighted by molar-refractivity contribution is 0.0955. The summed E-state index contributed by atoms with van der Waals surface area (Å²) in [5.41, 5.74) is 3.92. The van der Waals surface area contributed by atoms with Crippen molar-refractivity contribution in [3.05, 3.63) is 87.3 Å². The first-order valence-electron chi connectivity index (χ1n) is 8.13. The second-order valence-electron chi connectivity index (χ2n) is 5.67. The molecule has 0 bridgehead atoms. The Labute approximate surface area is 174 Å². The lowest BCUT2D eigenvalue weighted by Crippen LogP contribution is -2.17. The van der Waals surface area contributed by atoms with Crippen LogP contribution in [0.15, 0.2) is 81.3 Å². The van der Waals surface area contributed by atoms with Crippen molar-refractivity contribution in [3.8, 4) is 5.75 Å². The number of hydrogen-bond donors (Lipinski definition) is 1. The van der Waals surface area contributed by atoms with Crippen LogP contribution in [0.5, 0.6) is 5.75 Å². The molecule has 1 N–H and O–H groups in total. The number of amides is 1. The number of benzene rings is 3. The number of rotatable bonds is 6. The molecule has 3 aromatic carbocycles. The van der Waals surface area contributed by atoms with E-state index in [1.54, 1.807) is 18.4 Å². The highest BCUT2D eigenvalue weighted by molar-refractivity contribution is 9.11. The molecule has 0 heterocycles. The predicted molar refractivity (Wildman–Crippen MR) is 117 cm³/mol. The van der Waals surface area contributed by atoms with Crippen LogP contribution in [-0.2, 0) is 0 Å². The lowest BCUT2D eigenvalue weighted by atomic mass is 10.1. The highest BCUT2D eigenvalue weighted by Gasteiger charge is 2.08. The second kappa shape index (κ2) is 8.97. The number of hydrazone groups is 1. The molecule has 0 aliphatic carbocycles. The maximum absolute atomic E-state index is 12.3. The molecule has 0 fully saturated rings. The van der Waals surface area contributed by atoms with E-state index in [0.29, 0.717) is 17.9 Å². The summed E-state index contributed by atoms with van der Waals surface area (Å²) in [6, 6.07) is 17.2. The van der Waals surface area contributed by atoms with Crippen LogP contribution in [0.2, 0.25) is 0 Å². The van der Waals surface area contributed by atoms with Crippen molar-refractivity contribution in [1.82, 2.24) is 5.43 Å². The molecule has 0 aliphatic heterocycles. The molecule has 0 radical (unpaired) electrons. The van der Waals surface area contributed by atoms with Crippen LogP contribution in [0.3, 0.4) is 0 Å². The lowest BCUT2D eigenvalue weighted by Gasteiger charge is -2.09. The van der Waals surface area contributed by atoms with E-state index in [0.717, 1.165) is 25.3 Å². The minimum absolute atomic E-state index is 0.263. The van der Waals surface area contributed by atoms with E-state index in [1.165, 1.54) is 0 Å². The summed E-state index contributed by atoms with van der Waals surface area (Å²) < 4.78 is 7.14. The van der Waals surface area contributed by atoms with Gasteiger partial charge < -0.3 is 4.74 Å². The third kappa shape index (κ3) is 4.84. The van der Waals surface area contributed by atoms with E-state index in [2.05, 4.69) is 49.0 Å². The summed E-state index contributed by atoms with van der Waals surface area (Å²) in [5.74, 6) is 0.424. The van der Waals surface area contributed by atoms with Gasteiger partial charge in [0, 0.05) is 5.56 Å². The zero-order valence-electron chi connectivity index (χ0n) is 14.3. The van der Waals surface area contributed by atoms with Gasteiger partial charge in [0.25, 0.3) is 5.91 Å². The fourth-order valence-electron chi connectivity index (χ4n) is 2.49. The number of ether oxygens (including phenoxy) is 1. The van der Waals surface area contributed by atoms with Crippen LogP contribution < -0.4 is 10.2 Å². The Bertz CT molecular complexity index is 1010. The van der Waals surface area contributed by atoms with Gasteiger partial charge in [-0.3, -0.25) is 4.79 Å². The van der Waals surface area contributed by atoms with E-state index < -0.39 is 0 Å².